The van der Waals surface area contributed by atoms with Gasteiger partial charge >= 0.3 is 5.97 Å². The summed E-state index contributed by atoms with van der Waals surface area (Å²) in [5.74, 6) is -0.765. The van der Waals surface area contributed by atoms with Crippen molar-refractivity contribution in [3.05, 3.63) is 88.7 Å². The molecule has 3 N–H and O–H groups in total. The van der Waals surface area contributed by atoms with Crippen molar-refractivity contribution in [3.8, 4) is 16.9 Å². The number of carboxylic acids is 1. The average molecular weight is 438 g/mol. The number of ether oxygens (including phenoxy) is 2. The topological polar surface area (TPSA) is 81.8 Å². The van der Waals surface area contributed by atoms with E-state index in [1.54, 1.807) is 56.5 Å². The van der Waals surface area contributed by atoms with Gasteiger partial charge in [-0.05, 0) is 54.8 Å². The standard InChI is InChI=1S/C26H28FNO4/c1-16(28)22-8-6-9-23(26(22)27)21-12-18(11-20(13-21)17(2)31-3)15-32-24-10-5-4-7-19(24)14-25(29)30/h4-13,16-17H,14-15,28H2,1-3H3,(H,29,30)/t16-,17?/m1/s1. The van der Waals surface area contributed by atoms with Crippen LogP contribution in [-0.2, 0) is 22.6 Å². The summed E-state index contributed by atoms with van der Waals surface area (Å²) in [4.78, 5) is 11.1. The van der Waals surface area contributed by atoms with E-state index in [4.69, 9.17) is 20.3 Å². The van der Waals surface area contributed by atoms with Gasteiger partial charge in [0.1, 0.15) is 18.2 Å². The molecule has 0 saturated carbocycles. The smallest absolute Gasteiger partial charge is 0.307 e. The Morgan fingerprint density at radius 3 is 2.53 bits per heavy atom. The van der Waals surface area contributed by atoms with Gasteiger partial charge in [-0.1, -0.05) is 36.4 Å². The Balaban J connectivity index is 1.98. The third-order valence-electron chi connectivity index (χ3n) is 5.38. The van der Waals surface area contributed by atoms with Crippen LogP contribution in [0, 0.1) is 5.82 Å². The Labute approximate surface area is 187 Å². The number of carbonyl (C=O) groups is 1. The van der Waals surface area contributed by atoms with E-state index in [0.717, 1.165) is 11.1 Å². The van der Waals surface area contributed by atoms with Crippen molar-refractivity contribution < 1.29 is 23.8 Å². The van der Waals surface area contributed by atoms with E-state index < -0.39 is 12.0 Å². The van der Waals surface area contributed by atoms with Gasteiger partial charge < -0.3 is 20.3 Å². The molecule has 168 valence electrons. The first-order valence-corrected chi connectivity index (χ1v) is 10.4. The van der Waals surface area contributed by atoms with Crippen molar-refractivity contribution in [1.29, 1.82) is 0 Å². The SMILES string of the molecule is COC(C)c1cc(COc2ccccc2CC(=O)O)cc(-c2cccc([C@@H](C)N)c2F)c1. The highest BCUT2D eigenvalue weighted by molar-refractivity contribution is 5.71. The molecule has 0 aliphatic rings. The van der Waals surface area contributed by atoms with Gasteiger partial charge in [0.2, 0.25) is 0 Å². The first kappa shape index (κ1) is 23.4. The number of rotatable bonds is 9. The molecule has 0 saturated heterocycles. The number of benzene rings is 3. The minimum atomic E-state index is -0.927. The Morgan fingerprint density at radius 1 is 1.09 bits per heavy atom. The molecule has 3 aromatic rings. The molecule has 0 aliphatic carbocycles. The molecule has 6 heteroatoms. The fraction of sp³-hybridized carbons (Fsp3) is 0.269. The molecule has 0 fully saturated rings. The van der Waals surface area contributed by atoms with Gasteiger partial charge in [-0.25, -0.2) is 4.39 Å². The van der Waals surface area contributed by atoms with Crippen LogP contribution in [0.5, 0.6) is 5.75 Å². The van der Waals surface area contributed by atoms with Crippen LogP contribution >= 0.6 is 0 Å². The van der Waals surface area contributed by atoms with Gasteiger partial charge in [0, 0.05) is 29.8 Å². The number of halogens is 1. The van der Waals surface area contributed by atoms with E-state index in [1.165, 1.54) is 0 Å². The molecular formula is C26H28FNO4. The molecule has 0 spiro atoms. The molecule has 3 aromatic carbocycles. The molecule has 0 bridgehead atoms. The average Bonchev–Trinajstić information content (AvgIpc) is 2.77. The number of aliphatic carboxylic acids is 1. The Kier molecular flexibility index (Phi) is 7.62. The largest absolute Gasteiger partial charge is 0.489 e. The molecule has 32 heavy (non-hydrogen) atoms. The second-order valence-electron chi connectivity index (χ2n) is 7.81. The fourth-order valence-electron chi connectivity index (χ4n) is 3.57. The summed E-state index contributed by atoms with van der Waals surface area (Å²) in [7, 11) is 1.62. The van der Waals surface area contributed by atoms with Crippen molar-refractivity contribution in [2.24, 2.45) is 5.73 Å². The predicted molar refractivity (Wildman–Crippen MR) is 122 cm³/mol. The summed E-state index contributed by atoms with van der Waals surface area (Å²) in [6.45, 7) is 3.86. The maximum Gasteiger partial charge on any atom is 0.307 e. The quantitative estimate of drug-likeness (QED) is 0.467. The highest BCUT2D eigenvalue weighted by Gasteiger charge is 2.16. The van der Waals surface area contributed by atoms with Crippen molar-refractivity contribution in [3.63, 3.8) is 0 Å². The number of hydrogen-bond acceptors (Lipinski definition) is 4. The molecule has 0 amide bonds. The third kappa shape index (κ3) is 5.52. The first-order chi connectivity index (χ1) is 15.3. The number of nitrogens with two attached hydrogens (primary N) is 1. The molecule has 2 atom stereocenters. The molecule has 0 heterocycles. The lowest BCUT2D eigenvalue weighted by Gasteiger charge is -2.17. The highest BCUT2D eigenvalue weighted by atomic mass is 19.1. The maximum absolute atomic E-state index is 15.2. The molecule has 1 unspecified atom stereocenters. The maximum atomic E-state index is 15.2. The van der Waals surface area contributed by atoms with Crippen LogP contribution in [0.4, 0.5) is 4.39 Å². The van der Waals surface area contributed by atoms with Crippen LogP contribution in [0.1, 0.15) is 48.2 Å². The van der Waals surface area contributed by atoms with E-state index in [1.807, 2.05) is 25.1 Å². The lowest BCUT2D eigenvalue weighted by molar-refractivity contribution is -0.136. The van der Waals surface area contributed by atoms with E-state index in [2.05, 4.69) is 0 Å². The van der Waals surface area contributed by atoms with Crippen LogP contribution in [0.2, 0.25) is 0 Å². The number of para-hydroxylation sites is 1. The second-order valence-corrected chi connectivity index (χ2v) is 7.81. The van der Waals surface area contributed by atoms with Gasteiger partial charge in [0.05, 0.1) is 12.5 Å². The first-order valence-electron chi connectivity index (χ1n) is 10.4. The second kappa shape index (κ2) is 10.4. The van der Waals surface area contributed by atoms with Crippen LogP contribution in [0.25, 0.3) is 11.1 Å². The monoisotopic (exact) mass is 437 g/mol. The van der Waals surface area contributed by atoms with Gasteiger partial charge in [-0.3, -0.25) is 4.79 Å². The lowest BCUT2D eigenvalue weighted by Crippen LogP contribution is -2.08. The van der Waals surface area contributed by atoms with Gasteiger partial charge in [0.15, 0.2) is 0 Å². The van der Waals surface area contributed by atoms with Gasteiger partial charge in [0.25, 0.3) is 0 Å². The van der Waals surface area contributed by atoms with Crippen molar-refractivity contribution in [2.45, 2.75) is 39.0 Å². The van der Waals surface area contributed by atoms with Crippen LogP contribution in [-0.4, -0.2) is 18.2 Å². The fourth-order valence-corrected chi connectivity index (χ4v) is 3.57. The summed E-state index contributed by atoms with van der Waals surface area (Å²) < 4.78 is 26.6. The van der Waals surface area contributed by atoms with Crippen molar-refractivity contribution in [2.75, 3.05) is 7.11 Å². The van der Waals surface area contributed by atoms with Crippen molar-refractivity contribution in [1.82, 2.24) is 0 Å². The van der Waals surface area contributed by atoms with Crippen LogP contribution in [0.15, 0.2) is 60.7 Å². The molecule has 0 aliphatic heterocycles. The van der Waals surface area contributed by atoms with Crippen LogP contribution in [0.3, 0.4) is 0 Å². The van der Waals surface area contributed by atoms with Gasteiger partial charge in [-0.15, -0.1) is 0 Å². The zero-order valence-corrected chi connectivity index (χ0v) is 18.5. The highest BCUT2D eigenvalue weighted by Crippen LogP contribution is 2.31. The van der Waals surface area contributed by atoms with Crippen LogP contribution < -0.4 is 10.5 Å². The van der Waals surface area contributed by atoms with E-state index >= 15 is 4.39 Å². The summed E-state index contributed by atoms with van der Waals surface area (Å²) in [6, 6.07) is 17.5. The zero-order chi connectivity index (χ0) is 23.3. The number of hydrogen-bond donors (Lipinski definition) is 2. The lowest BCUT2D eigenvalue weighted by atomic mass is 9.95. The number of carboxylic acid groups (broad SMARTS) is 1. The normalized spacial score (nSPS) is 12.9. The third-order valence-corrected chi connectivity index (χ3v) is 5.38. The minimum Gasteiger partial charge on any atom is -0.489 e. The Hall–Kier alpha value is -3.22. The van der Waals surface area contributed by atoms with E-state index in [-0.39, 0.29) is 24.9 Å². The molecule has 3 rings (SSSR count). The molecule has 0 aromatic heterocycles. The van der Waals surface area contributed by atoms with E-state index in [0.29, 0.717) is 28.0 Å². The zero-order valence-electron chi connectivity index (χ0n) is 18.5. The summed E-state index contributed by atoms with van der Waals surface area (Å²) in [5.41, 5.74) is 9.83. The summed E-state index contributed by atoms with van der Waals surface area (Å²) in [6.07, 6.45) is -0.329. The molecule has 5 nitrogen and oxygen atoms in total. The predicted octanol–water partition coefficient (Wildman–Crippen LogP) is 5.43. The molecule has 0 radical (unpaired) electrons. The van der Waals surface area contributed by atoms with Gasteiger partial charge in [-0.2, -0.15) is 0 Å². The minimum absolute atomic E-state index is 0.128. The Bertz CT molecular complexity index is 1100. The Morgan fingerprint density at radius 2 is 1.84 bits per heavy atom. The summed E-state index contributed by atoms with van der Waals surface area (Å²) >= 11 is 0. The summed E-state index contributed by atoms with van der Waals surface area (Å²) in [5, 5.41) is 9.14. The molecular weight excluding hydrogens is 409 g/mol. The van der Waals surface area contributed by atoms with E-state index in [9.17, 15) is 4.79 Å². The van der Waals surface area contributed by atoms with Crippen molar-refractivity contribution >= 4 is 5.97 Å². The number of methoxy groups -OCH3 is 1.